The van der Waals surface area contributed by atoms with Gasteiger partial charge in [0.05, 0.1) is 17.9 Å². The molecule has 0 aliphatic carbocycles. The van der Waals surface area contributed by atoms with Crippen LogP contribution in [0.1, 0.15) is 11.1 Å². The van der Waals surface area contributed by atoms with E-state index in [9.17, 15) is 4.21 Å². The van der Waals surface area contributed by atoms with Crippen molar-refractivity contribution >= 4 is 16.9 Å². The fourth-order valence-corrected chi connectivity index (χ4v) is 3.80. The molecule has 0 N–H and O–H groups in total. The van der Waals surface area contributed by atoms with Crippen molar-refractivity contribution in [3.05, 3.63) is 101 Å². The SMILES string of the molecule is COc1ccc(/C=C(\Cc2ccccc2)S(=O)c2ccccc2)cc1. The van der Waals surface area contributed by atoms with E-state index in [1.165, 1.54) is 0 Å². The number of ether oxygens (including phenoxy) is 1. The van der Waals surface area contributed by atoms with Crippen LogP contribution in [0, 0.1) is 0 Å². The second-order valence-corrected chi connectivity index (χ2v) is 7.16. The smallest absolute Gasteiger partial charge is 0.118 e. The first kappa shape index (κ1) is 17.2. The summed E-state index contributed by atoms with van der Waals surface area (Å²) >= 11 is 0. The lowest BCUT2D eigenvalue weighted by molar-refractivity contribution is 0.415. The predicted octanol–water partition coefficient (Wildman–Crippen LogP) is 5.09. The van der Waals surface area contributed by atoms with E-state index in [0.29, 0.717) is 6.42 Å². The van der Waals surface area contributed by atoms with Gasteiger partial charge in [-0.3, -0.25) is 0 Å². The highest BCUT2D eigenvalue weighted by Crippen LogP contribution is 2.22. The van der Waals surface area contributed by atoms with E-state index in [-0.39, 0.29) is 0 Å². The molecular formula is C22H20O2S. The lowest BCUT2D eigenvalue weighted by atomic mass is 10.1. The molecule has 0 aromatic heterocycles. The topological polar surface area (TPSA) is 26.3 Å². The van der Waals surface area contributed by atoms with Gasteiger partial charge in [-0.05, 0) is 41.5 Å². The van der Waals surface area contributed by atoms with Gasteiger partial charge >= 0.3 is 0 Å². The zero-order valence-corrected chi connectivity index (χ0v) is 14.9. The van der Waals surface area contributed by atoms with E-state index in [4.69, 9.17) is 4.74 Å². The van der Waals surface area contributed by atoms with Gasteiger partial charge in [-0.1, -0.05) is 60.7 Å². The summed E-state index contributed by atoms with van der Waals surface area (Å²) in [5, 5.41) is 0. The Morgan fingerprint density at radius 3 is 2.08 bits per heavy atom. The van der Waals surface area contributed by atoms with Crippen molar-refractivity contribution in [1.82, 2.24) is 0 Å². The Kier molecular flexibility index (Phi) is 5.81. The first-order chi connectivity index (χ1) is 12.3. The molecule has 3 aromatic carbocycles. The molecule has 0 spiro atoms. The summed E-state index contributed by atoms with van der Waals surface area (Å²) < 4.78 is 18.3. The van der Waals surface area contributed by atoms with Gasteiger partial charge in [0.1, 0.15) is 5.75 Å². The lowest BCUT2D eigenvalue weighted by Crippen LogP contribution is -2.00. The number of hydrogen-bond donors (Lipinski definition) is 0. The number of benzene rings is 3. The summed E-state index contributed by atoms with van der Waals surface area (Å²) in [6, 6.07) is 27.5. The van der Waals surface area contributed by atoms with Crippen molar-refractivity contribution in [2.75, 3.05) is 7.11 Å². The van der Waals surface area contributed by atoms with Gasteiger partial charge in [-0.2, -0.15) is 0 Å². The zero-order chi connectivity index (χ0) is 17.5. The predicted molar refractivity (Wildman–Crippen MR) is 104 cm³/mol. The molecule has 1 unspecified atom stereocenters. The normalized spacial score (nSPS) is 12.6. The Bertz CT molecular complexity index is 854. The van der Waals surface area contributed by atoms with Gasteiger partial charge in [-0.15, -0.1) is 0 Å². The van der Waals surface area contributed by atoms with Crippen molar-refractivity contribution < 1.29 is 8.95 Å². The van der Waals surface area contributed by atoms with Crippen molar-refractivity contribution in [2.45, 2.75) is 11.3 Å². The molecule has 3 rings (SSSR count). The molecule has 0 aliphatic heterocycles. The van der Waals surface area contributed by atoms with E-state index in [1.54, 1.807) is 7.11 Å². The van der Waals surface area contributed by atoms with Crippen molar-refractivity contribution in [2.24, 2.45) is 0 Å². The molecule has 0 radical (unpaired) electrons. The minimum atomic E-state index is -1.20. The summed E-state index contributed by atoms with van der Waals surface area (Å²) in [5.41, 5.74) is 2.16. The second kappa shape index (κ2) is 8.45. The first-order valence-corrected chi connectivity index (χ1v) is 9.26. The maximum atomic E-state index is 13.1. The average Bonchev–Trinajstić information content (AvgIpc) is 2.69. The highest BCUT2D eigenvalue weighted by atomic mass is 32.2. The van der Waals surface area contributed by atoms with E-state index < -0.39 is 10.8 Å². The van der Waals surface area contributed by atoms with Gasteiger partial charge in [0.2, 0.25) is 0 Å². The molecule has 1 atom stereocenters. The Labute approximate surface area is 151 Å². The minimum Gasteiger partial charge on any atom is -0.497 e. The van der Waals surface area contributed by atoms with Crippen LogP contribution < -0.4 is 4.74 Å². The maximum absolute atomic E-state index is 13.1. The minimum absolute atomic E-state index is 0.647. The molecule has 0 aliphatic rings. The second-order valence-electron chi connectivity index (χ2n) is 5.63. The molecule has 25 heavy (non-hydrogen) atoms. The highest BCUT2D eigenvalue weighted by Gasteiger charge is 2.11. The van der Waals surface area contributed by atoms with Crippen LogP contribution >= 0.6 is 0 Å². The van der Waals surface area contributed by atoms with Crippen LogP contribution in [0.4, 0.5) is 0 Å². The number of rotatable bonds is 6. The number of allylic oxidation sites excluding steroid dienone is 1. The monoisotopic (exact) mass is 348 g/mol. The lowest BCUT2D eigenvalue weighted by Gasteiger charge is -2.09. The quantitative estimate of drug-likeness (QED) is 0.620. The number of hydrogen-bond acceptors (Lipinski definition) is 2. The molecule has 0 fully saturated rings. The molecular weight excluding hydrogens is 328 g/mol. The third kappa shape index (κ3) is 4.68. The average molecular weight is 348 g/mol. The van der Waals surface area contributed by atoms with Crippen molar-refractivity contribution in [3.63, 3.8) is 0 Å². The summed E-state index contributed by atoms with van der Waals surface area (Å²) in [7, 11) is 0.449. The Balaban J connectivity index is 1.95. The van der Waals surface area contributed by atoms with E-state index >= 15 is 0 Å². The third-order valence-electron chi connectivity index (χ3n) is 3.86. The van der Waals surface area contributed by atoms with Gasteiger partial charge in [0.25, 0.3) is 0 Å². The maximum Gasteiger partial charge on any atom is 0.118 e. The van der Waals surface area contributed by atoms with Gasteiger partial charge in [-0.25, -0.2) is 4.21 Å². The van der Waals surface area contributed by atoms with Crippen LogP contribution in [-0.4, -0.2) is 11.3 Å². The van der Waals surface area contributed by atoms with Crippen LogP contribution in [0.2, 0.25) is 0 Å². The fourth-order valence-electron chi connectivity index (χ4n) is 2.55. The first-order valence-electron chi connectivity index (χ1n) is 8.11. The van der Waals surface area contributed by atoms with Crippen LogP contribution in [0.15, 0.2) is 94.7 Å². The zero-order valence-electron chi connectivity index (χ0n) is 14.1. The highest BCUT2D eigenvalue weighted by molar-refractivity contribution is 7.89. The van der Waals surface area contributed by atoms with Crippen molar-refractivity contribution in [3.8, 4) is 5.75 Å². The molecule has 0 bridgehead atoms. The summed E-state index contributed by atoms with van der Waals surface area (Å²) in [6.07, 6.45) is 2.66. The fraction of sp³-hybridized carbons (Fsp3) is 0.0909. The Hall–Kier alpha value is -2.65. The Morgan fingerprint density at radius 2 is 1.48 bits per heavy atom. The van der Waals surface area contributed by atoms with Gasteiger partial charge < -0.3 is 4.74 Å². The summed E-state index contributed by atoms with van der Waals surface area (Å²) in [6.45, 7) is 0. The molecule has 3 aromatic rings. The van der Waals surface area contributed by atoms with Crippen LogP contribution in [0.3, 0.4) is 0 Å². The molecule has 3 heteroatoms. The van der Waals surface area contributed by atoms with Crippen LogP contribution in [-0.2, 0) is 17.2 Å². The molecule has 0 amide bonds. The van der Waals surface area contributed by atoms with E-state index in [2.05, 4.69) is 12.1 Å². The standard InChI is InChI=1S/C22H20O2S/c1-24-20-14-12-19(13-15-20)17-22(16-18-8-4-2-5-9-18)25(23)21-10-6-3-7-11-21/h2-15,17H,16H2,1H3/b22-17+. The molecule has 0 heterocycles. The van der Waals surface area contributed by atoms with Gasteiger partial charge in [0.15, 0.2) is 0 Å². The third-order valence-corrected chi connectivity index (χ3v) is 5.30. The summed E-state index contributed by atoms with van der Waals surface area (Å²) in [5.74, 6) is 0.811. The summed E-state index contributed by atoms with van der Waals surface area (Å²) in [4.78, 5) is 1.70. The largest absolute Gasteiger partial charge is 0.497 e. The van der Waals surface area contributed by atoms with E-state index in [1.807, 2.05) is 78.9 Å². The molecule has 126 valence electrons. The van der Waals surface area contributed by atoms with Crippen LogP contribution in [0.25, 0.3) is 6.08 Å². The van der Waals surface area contributed by atoms with Gasteiger partial charge in [0, 0.05) is 16.2 Å². The van der Waals surface area contributed by atoms with Crippen LogP contribution in [0.5, 0.6) is 5.75 Å². The molecule has 0 saturated heterocycles. The number of methoxy groups -OCH3 is 1. The molecule has 0 saturated carbocycles. The van der Waals surface area contributed by atoms with Crippen molar-refractivity contribution in [1.29, 1.82) is 0 Å². The Morgan fingerprint density at radius 1 is 0.880 bits per heavy atom. The molecule has 2 nitrogen and oxygen atoms in total. The van der Waals surface area contributed by atoms with E-state index in [0.717, 1.165) is 26.7 Å².